The van der Waals surface area contributed by atoms with E-state index in [-0.39, 0.29) is 0 Å². The summed E-state index contributed by atoms with van der Waals surface area (Å²) in [6, 6.07) is 6.97. The number of amides is 2. The molecule has 0 fully saturated rings. The minimum absolute atomic E-state index is 0.352. The van der Waals surface area contributed by atoms with Crippen molar-refractivity contribution in [2.24, 2.45) is 11.8 Å². The van der Waals surface area contributed by atoms with Gasteiger partial charge in [-0.1, -0.05) is 28.8 Å². The van der Waals surface area contributed by atoms with Gasteiger partial charge < -0.3 is 5.11 Å². The summed E-state index contributed by atoms with van der Waals surface area (Å²) in [4.78, 5) is 35.8. The Morgan fingerprint density at radius 2 is 1.62 bits per heavy atom. The average molecular weight is 330 g/mol. The number of carbonyl (C=O) groups excluding carboxylic acids is 2. The van der Waals surface area contributed by atoms with Crippen molar-refractivity contribution in [3.05, 3.63) is 46.5 Å². The Bertz CT molecular complexity index is 709. The Morgan fingerprint density at radius 1 is 1.00 bits per heavy atom. The van der Waals surface area contributed by atoms with E-state index in [1.165, 1.54) is 0 Å². The highest BCUT2D eigenvalue weighted by Crippen LogP contribution is 2.34. The molecule has 0 spiro atoms. The van der Waals surface area contributed by atoms with Crippen LogP contribution in [0.25, 0.3) is 0 Å². The maximum atomic E-state index is 12.4. The zero-order chi connectivity index (χ0) is 17.9. The summed E-state index contributed by atoms with van der Waals surface area (Å²) < 4.78 is 0. The van der Waals surface area contributed by atoms with Crippen LogP contribution in [-0.4, -0.2) is 22.9 Å². The van der Waals surface area contributed by atoms with Crippen molar-refractivity contribution >= 4 is 17.8 Å². The standard InChI is InChI=1S/C18H22N2O4/c1-10-5-4-6-13(7-10)16(21)19-20-17(22)14-8-11(2)12(3)9-15(14)18(23)24/h4-7,14-15H,8-9H2,1-3H3,(H,19,21)(H,20,22)(H,23,24)/t14-,15-/m0/s1. The largest absolute Gasteiger partial charge is 0.481 e. The number of benzene rings is 1. The predicted molar refractivity (Wildman–Crippen MR) is 89.0 cm³/mol. The van der Waals surface area contributed by atoms with Crippen LogP contribution in [0.4, 0.5) is 0 Å². The molecule has 6 heteroatoms. The first-order valence-electron chi connectivity index (χ1n) is 7.84. The predicted octanol–water partition coefficient (Wildman–Crippen LogP) is 2.20. The van der Waals surface area contributed by atoms with Gasteiger partial charge >= 0.3 is 5.97 Å². The van der Waals surface area contributed by atoms with Crippen molar-refractivity contribution in [2.45, 2.75) is 33.6 Å². The summed E-state index contributed by atoms with van der Waals surface area (Å²) in [5.41, 5.74) is 8.13. The van der Waals surface area contributed by atoms with Gasteiger partial charge in [-0.3, -0.25) is 25.2 Å². The number of rotatable bonds is 3. The van der Waals surface area contributed by atoms with Crippen molar-refractivity contribution in [1.82, 2.24) is 10.9 Å². The molecule has 2 amide bonds. The molecule has 6 nitrogen and oxygen atoms in total. The first-order valence-corrected chi connectivity index (χ1v) is 7.84. The van der Waals surface area contributed by atoms with Crippen LogP contribution >= 0.6 is 0 Å². The van der Waals surface area contributed by atoms with Crippen molar-refractivity contribution in [2.75, 3.05) is 0 Å². The molecule has 128 valence electrons. The van der Waals surface area contributed by atoms with E-state index in [2.05, 4.69) is 10.9 Å². The number of nitrogens with one attached hydrogen (secondary N) is 2. The molecule has 0 unspecified atom stereocenters. The lowest BCUT2D eigenvalue weighted by Gasteiger charge is -2.29. The molecule has 2 atom stereocenters. The van der Waals surface area contributed by atoms with Crippen LogP contribution in [0.2, 0.25) is 0 Å². The minimum Gasteiger partial charge on any atom is -0.481 e. The number of aryl methyl sites for hydroxylation is 1. The molecule has 0 saturated heterocycles. The van der Waals surface area contributed by atoms with Gasteiger partial charge in [0.15, 0.2) is 0 Å². The first-order chi connectivity index (χ1) is 11.3. The van der Waals surface area contributed by atoms with Gasteiger partial charge in [-0.05, 0) is 45.7 Å². The lowest BCUT2D eigenvalue weighted by atomic mass is 9.76. The van der Waals surface area contributed by atoms with Crippen molar-refractivity contribution in [3.8, 4) is 0 Å². The Kier molecular flexibility index (Phi) is 5.39. The molecule has 1 aliphatic rings. The summed E-state index contributed by atoms with van der Waals surface area (Å²) >= 11 is 0. The van der Waals surface area contributed by atoms with E-state index in [1.54, 1.807) is 18.2 Å². The fraction of sp³-hybridized carbons (Fsp3) is 0.389. The van der Waals surface area contributed by atoms with E-state index < -0.39 is 29.6 Å². The van der Waals surface area contributed by atoms with E-state index in [9.17, 15) is 19.5 Å². The molecule has 0 saturated carbocycles. The fourth-order valence-corrected chi connectivity index (χ4v) is 2.90. The van der Waals surface area contributed by atoms with Crippen molar-refractivity contribution < 1.29 is 19.5 Å². The van der Waals surface area contributed by atoms with E-state index in [1.807, 2.05) is 26.8 Å². The second-order valence-corrected chi connectivity index (χ2v) is 6.33. The third kappa shape index (κ3) is 4.01. The summed E-state index contributed by atoms with van der Waals surface area (Å²) in [7, 11) is 0. The van der Waals surface area contributed by atoms with E-state index in [4.69, 9.17) is 0 Å². The number of hydrogen-bond donors (Lipinski definition) is 3. The minimum atomic E-state index is -0.994. The number of allylic oxidation sites excluding steroid dienone is 2. The molecule has 1 aromatic rings. The molecule has 1 aliphatic carbocycles. The number of aliphatic carboxylic acids is 1. The smallest absolute Gasteiger partial charge is 0.307 e. The third-order valence-corrected chi connectivity index (χ3v) is 4.50. The Morgan fingerprint density at radius 3 is 2.21 bits per heavy atom. The zero-order valence-electron chi connectivity index (χ0n) is 14.1. The van der Waals surface area contributed by atoms with Crippen LogP contribution in [0.15, 0.2) is 35.4 Å². The molecule has 24 heavy (non-hydrogen) atoms. The Labute approximate surface area is 140 Å². The number of hydrazine groups is 1. The van der Waals surface area contributed by atoms with E-state index in [0.717, 1.165) is 16.7 Å². The van der Waals surface area contributed by atoms with Gasteiger partial charge in [0, 0.05) is 5.56 Å². The Hall–Kier alpha value is -2.63. The number of carbonyl (C=O) groups is 3. The summed E-state index contributed by atoms with van der Waals surface area (Å²) in [5.74, 6) is -3.37. The molecule has 0 aliphatic heterocycles. The van der Waals surface area contributed by atoms with Crippen LogP contribution < -0.4 is 10.9 Å². The molecule has 3 N–H and O–H groups in total. The summed E-state index contributed by atoms with van der Waals surface area (Å²) in [6.45, 7) is 5.66. The van der Waals surface area contributed by atoms with Crippen LogP contribution in [-0.2, 0) is 9.59 Å². The monoisotopic (exact) mass is 330 g/mol. The normalized spacial score (nSPS) is 20.5. The second kappa shape index (κ2) is 7.29. The SMILES string of the molecule is CC1=C(C)C[C@H](C(=O)NNC(=O)c2cccc(C)c2)[C@@H](C(=O)O)C1. The molecular weight excluding hydrogens is 308 g/mol. The average Bonchev–Trinajstić information content (AvgIpc) is 2.54. The van der Waals surface area contributed by atoms with Crippen molar-refractivity contribution in [1.29, 1.82) is 0 Å². The second-order valence-electron chi connectivity index (χ2n) is 6.33. The highest BCUT2D eigenvalue weighted by atomic mass is 16.4. The number of carboxylic acid groups (broad SMARTS) is 1. The maximum Gasteiger partial charge on any atom is 0.307 e. The molecule has 0 bridgehead atoms. The van der Waals surface area contributed by atoms with E-state index in [0.29, 0.717) is 18.4 Å². The Balaban J connectivity index is 2.03. The molecular formula is C18H22N2O4. The molecule has 0 heterocycles. The molecule has 1 aromatic carbocycles. The lowest BCUT2D eigenvalue weighted by Crippen LogP contribution is -2.48. The lowest BCUT2D eigenvalue weighted by molar-refractivity contribution is -0.147. The summed E-state index contributed by atoms with van der Waals surface area (Å²) in [6.07, 6.45) is 0.736. The highest BCUT2D eigenvalue weighted by Gasteiger charge is 2.37. The van der Waals surface area contributed by atoms with Gasteiger partial charge in [-0.15, -0.1) is 0 Å². The van der Waals surface area contributed by atoms with E-state index >= 15 is 0 Å². The zero-order valence-corrected chi connectivity index (χ0v) is 14.1. The highest BCUT2D eigenvalue weighted by molar-refractivity contribution is 5.96. The summed E-state index contributed by atoms with van der Waals surface area (Å²) in [5, 5.41) is 9.36. The first kappa shape index (κ1) is 17.7. The molecule has 2 rings (SSSR count). The van der Waals surface area contributed by atoms with Crippen LogP contribution in [0.1, 0.15) is 42.6 Å². The van der Waals surface area contributed by atoms with Gasteiger partial charge in [0.05, 0.1) is 11.8 Å². The molecule has 0 aromatic heterocycles. The van der Waals surface area contributed by atoms with Crippen LogP contribution in [0.3, 0.4) is 0 Å². The van der Waals surface area contributed by atoms with Gasteiger partial charge in [0.1, 0.15) is 0 Å². The number of carboxylic acids is 1. The quantitative estimate of drug-likeness (QED) is 0.585. The topological polar surface area (TPSA) is 95.5 Å². The van der Waals surface area contributed by atoms with Crippen LogP contribution in [0.5, 0.6) is 0 Å². The van der Waals surface area contributed by atoms with Crippen LogP contribution in [0, 0.1) is 18.8 Å². The number of hydrogen-bond acceptors (Lipinski definition) is 3. The van der Waals surface area contributed by atoms with Gasteiger partial charge in [-0.25, -0.2) is 0 Å². The van der Waals surface area contributed by atoms with Gasteiger partial charge in [0.2, 0.25) is 5.91 Å². The van der Waals surface area contributed by atoms with Gasteiger partial charge in [0.25, 0.3) is 5.91 Å². The third-order valence-electron chi connectivity index (χ3n) is 4.50. The maximum absolute atomic E-state index is 12.4. The fourth-order valence-electron chi connectivity index (χ4n) is 2.90. The van der Waals surface area contributed by atoms with Crippen molar-refractivity contribution in [3.63, 3.8) is 0 Å². The molecule has 0 radical (unpaired) electrons. The van der Waals surface area contributed by atoms with Gasteiger partial charge in [-0.2, -0.15) is 0 Å².